The average molecular weight is 506 g/mol. The Bertz CT molecular complexity index is 1320. The van der Waals surface area contributed by atoms with Crippen LogP contribution in [0.15, 0.2) is 45.9 Å². The molecule has 0 bridgehead atoms. The Morgan fingerprint density at radius 2 is 2.06 bits per heavy atom. The SMILES string of the molecule is CC[C@@H](C)NS(=O)(=O)c1cc([N+](=O)[O-])ccc1Oc1c(C)c(C(=O)NCc2ccco2)nn1CC. The number of aryl methyl sites for hydroxylation is 1. The maximum Gasteiger partial charge on any atom is 0.272 e. The normalized spacial score (nSPS) is 12.3. The van der Waals surface area contributed by atoms with Crippen molar-refractivity contribution in [3.63, 3.8) is 0 Å². The lowest BCUT2D eigenvalue weighted by molar-refractivity contribution is -0.385. The Hall–Kier alpha value is -3.71. The molecule has 0 saturated carbocycles. The van der Waals surface area contributed by atoms with Crippen molar-refractivity contribution in [1.82, 2.24) is 19.8 Å². The van der Waals surface area contributed by atoms with Gasteiger partial charge < -0.3 is 14.5 Å². The second-order valence-electron chi connectivity index (χ2n) is 7.78. The van der Waals surface area contributed by atoms with E-state index in [0.717, 1.165) is 12.1 Å². The van der Waals surface area contributed by atoms with Gasteiger partial charge in [0.05, 0.1) is 17.7 Å². The highest BCUT2D eigenvalue weighted by molar-refractivity contribution is 7.89. The fraction of sp³-hybridized carbons (Fsp3) is 0.364. The number of non-ortho nitro benzene ring substituents is 1. The van der Waals surface area contributed by atoms with E-state index in [9.17, 15) is 23.3 Å². The van der Waals surface area contributed by atoms with Gasteiger partial charge in [-0.15, -0.1) is 0 Å². The summed E-state index contributed by atoms with van der Waals surface area (Å²) in [6.07, 6.45) is 2.01. The zero-order valence-corrected chi connectivity index (χ0v) is 20.6. The quantitative estimate of drug-likeness (QED) is 0.296. The minimum Gasteiger partial charge on any atom is -0.467 e. The summed E-state index contributed by atoms with van der Waals surface area (Å²) in [5.41, 5.74) is 0.0680. The van der Waals surface area contributed by atoms with E-state index in [2.05, 4.69) is 15.1 Å². The van der Waals surface area contributed by atoms with E-state index in [4.69, 9.17) is 9.15 Å². The van der Waals surface area contributed by atoms with Crippen molar-refractivity contribution >= 4 is 21.6 Å². The minimum absolute atomic E-state index is 0.0949. The molecule has 3 rings (SSSR count). The summed E-state index contributed by atoms with van der Waals surface area (Å²) in [4.78, 5) is 22.9. The molecule has 3 aromatic rings. The monoisotopic (exact) mass is 505 g/mol. The Labute approximate surface area is 202 Å². The van der Waals surface area contributed by atoms with Gasteiger partial charge in [-0.2, -0.15) is 5.10 Å². The predicted molar refractivity (Wildman–Crippen MR) is 126 cm³/mol. The molecule has 0 fully saturated rings. The molecule has 2 aromatic heterocycles. The largest absolute Gasteiger partial charge is 0.467 e. The van der Waals surface area contributed by atoms with Crippen molar-refractivity contribution in [3.05, 3.63) is 63.7 Å². The molecule has 0 unspecified atom stereocenters. The third-order valence-corrected chi connectivity index (χ3v) is 6.86. The van der Waals surface area contributed by atoms with Crippen molar-refractivity contribution in [2.75, 3.05) is 0 Å². The number of carbonyl (C=O) groups is 1. The number of sulfonamides is 1. The number of rotatable bonds is 11. The van der Waals surface area contributed by atoms with Gasteiger partial charge in [-0.3, -0.25) is 14.9 Å². The zero-order valence-electron chi connectivity index (χ0n) is 19.8. The van der Waals surface area contributed by atoms with Gasteiger partial charge in [0, 0.05) is 30.3 Å². The summed E-state index contributed by atoms with van der Waals surface area (Å²) >= 11 is 0. The van der Waals surface area contributed by atoms with E-state index in [1.54, 1.807) is 39.8 Å². The molecule has 0 aliphatic carbocycles. The van der Waals surface area contributed by atoms with Crippen LogP contribution in [-0.2, 0) is 23.1 Å². The van der Waals surface area contributed by atoms with Crippen LogP contribution in [0.1, 0.15) is 49.0 Å². The predicted octanol–water partition coefficient (Wildman–Crippen LogP) is 3.51. The highest BCUT2D eigenvalue weighted by Crippen LogP contribution is 2.34. The summed E-state index contributed by atoms with van der Waals surface area (Å²) in [5.74, 6) is 0.110. The lowest BCUT2D eigenvalue weighted by atomic mass is 10.2. The van der Waals surface area contributed by atoms with Crippen molar-refractivity contribution in [3.8, 4) is 11.6 Å². The van der Waals surface area contributed by atoms with Gasteiger partial charge in [-0.1, -0.05) is 6.92 Å². The lowest BCUT2D eigenvalue weighted by Crippen LogP contribution is -2.32. The second-order valence-corrected chi connectivity index (χ2v) is 9.46. The van der Waals surface area contributed by atoms with Gasteiger partial charge in [0.15, 0.2) is 5.69 Å². The first-order chi connectivity index (χ1) is 16.6. The number of nitro groups is 1. The number of aromatic nitrogens is 2. The molecule has 13 heteroatoms. The topological polar surface area (TPSA) is 159 Å². The van der Waals surface area contributed by atoms with Crippen LogP contribution in [0.3, 0.4) is 0 Å². The molecule has 1 atom stereocenters. The molecule has 1 amide bonds. The van der Waals surface area contributed by atoms with E-state index in [0.29, 0.717) is 24.3 Å². The van der Waals surface area contributed by atoms with Crippen molar-refractivity contribution < 1.29 is 27.3 Å². The summed E-state index contributed by atoms with van der Waals surface area (Å²) in [7, 11) is -4.15. The smallest absolute Gasteiger partial charge is 0.272 e. The fourth-order valence-corrected chi connectivity index (χ4v) is 4.65. The van der Waals surface area contributed by atoms with Gasteiger partial charge in [0.2, 0.25) is 15.9 Å². The van der Waals surface area contributed by atoms with Crippen LogP contribution in [-0.4, -0.2) is 35.1 Å². The van der Waals surface area contributed by atoms with Gasteiger partial charge in [-0.05, 0) is 45.4 Å². The number of benzene rings is 1. The van der Waals surface area contributed by atoms with E-state index in [1.165, 1.54) is 17.0 Å². The molecule has 0 spiro atoms. The van der Waals surface area contributed by atoms with Crippen LogP contribution < -0.4 is 14.8 Å². The zero-order chi connectivity index (χ0) is 25.8. The first-order valence-electron chi connectivity index (χ1n) is 10.9. The molecule has 2 N–H and O–H groups in total. The molecule has 0 aliphatic rings. The Morgan fingerprint density at radius 1 is 1.31 bits per heavy atom. The molecular weight excluding hydrogens is 478 g/mol. The van der Waals surface area contributed by atoms with Crippen LogP contribution in [0.25, 0.3) is 0 Å². The number of nitrogens with one attached hydrogen (secondary N) is 2. The first-order valence-corrected chi connectivity index (χ1v) is 12.4. The molecule has 0 radical (unpaired) electrons. The Kier molecular flexibility index (Phi) is 7.92. The summed E-state index contributed by atoms with van der Waals surface area (Å²) in [6.45, 7) is 7.36. The molecule has 35 heavy (non-hydrogen) atoms. The number of ether oxygens (including phenoxy) is 1. The Morgan fingerprint density at radius 3 is 2.66 bits per heavy atom. The van der Waals surface area contributed by atoms with Crippen LogP contribution in [0.2, 0.25) is 0 Å². The number of carbonyl (C=O) groups excluding carboxylic acids is 1. The molecule has 12 nitrogen and oxygen atoms in total. The van der Waals surface area contributed by atoms with Crippen molar-refractivity contribution in [2.24, 2.45) is 0 Å². The number of amides is 1. The van der Waals surface area contributed by atoms with Gasteiger partial charge in [0.25, 0.3) is 11.6 Å². The van der Waals surface area contributed by atoms with Crippen molar-refractivity contribution in [2.45, 2.75) is 58.1 Å². The fourth-order valence-electron chi connectivity index (χ4n) is 3.18. The van der Waals surface area contributed by atoms with E-state index < -0.39 is 32.6 Å². The Balaban J connectivity index is 1.98. The van der Waals surface area contributed by atoms with Crippen LogP contribution in [0.5, 0.6) is 11.6 Å². The number of hydrogen-bond donors (Lipinski definition) is 2. The average Bonchev–Trinajstić information content (AvgIpc) is 3.45. The molecule has 188 valence electrons. The van der Waals surface area contributed by atoms with Gasteiger partial charge in [0.1, 0.15) is 16.4 Å². The molecule has 2 heterocycles. The summed E-state index contributed by atoms with van der Waals surface area (Å²) in [6, 6.07) is 6.33. The van der Waals surface area contributed by atoms with Crippen LogP contribution in [0, 0.1) is 17.0 Å². The van der Waals surface area contributed by atoms with Crippen LogP contribution in [0.4, 0.5) is 5.69 Å². The third kappa shape index (κ3) is 5.87. The van der Waals surface area contributed by atoms with Crippen molar-refractivity contribution in [1.29, 1.82) is 0 Å². The molecule has 0 aliphatic heterocycles. The molecule has 0 saturated heterocycles. The molecular formula is C22H27N5O7S. The van der Waals surface area contributed by atoms with Gasteiger partial charge in [-0.25, -0.2) is 17.8 Å². The number of nitrogens with zero attached hydrogens (tertiary/aromatic N) is 3. The highest BCUT2D eigenvalue weighted by Gasteiger charge is 2.28. The number of nitro benzene ring substituents is 1. The number of hydrogen-bond acceptors (Lipinski definition) is 8. The van der Waals surface area contributed by atoms with Gasteiger partial charge >= 0.3 is 0 Å². The van der Waals surface area contributed by atoms with Crippen LogP contribution >= 0.6 is 0 Å². The third-order valence-electron chi connectivity index (χ3n) is 5.25. The maximum atomic E-state index is 13.0. The summed E-state index contributed by atoms with van der Waals surface area (Å²) in [5, 5.41) is 18.3. The van der Waals surface area contributed by atoms with E-state index >= 15 is 0 Å². The molecule has 1 aromatic carbocycles. The van der Waals surface area contributed by atoms with E-state index in [1.807, 2.05) is 0 Å². The second kappa shape index (κ2) is 10.7. The highest BCUT2D eigenvalue weighted by atomic mass is 32.2. The minimum atomic E-state index is -4.15. The first kappa shape index (κ1) is 25.9. The lowest BCUT2D eigenvalue weighted by Gasteiger charge is -2.16. The standard InChI is InChI=1S/C22H27N5O7S/c1-5-14(3)25-35(31,32)19-12-16(27(29)30)9-10-18(19)34-22-15(4)20(24-26(22)6-2)21(28)23-13-17-8-7-11-33-17/h7-12,14,25H,5-6,13H2,1-4H3,(H,23,28)/t14-/m1/s1. The van der Waals surface area contributed by atoms with E-state index in [-0.39, 0.29) is 28.8 Å². The number of furan rings is 1. The summed E-state index contributed by atoms with van der Waals surface area (Å²) < 4.78 is 41.1. The maximum absolute atomic E-state index is 13.0.